The van der Waals surface area contributed by atoms with Crippen LogP contribution in [0.25, 0.3) is 99.5 Å². The van der Waals surface area contributed by atoms with Crippen LogP contribution in [0, 0.1) is 0 Å². The predicted octanol–water partition coefficient (Wildman–Crippen LogP) is 11.6. The van der Waals surface area contributed by atoms with Gasteiger partial charge in [-0.2, -0.15) is 4.98 Å². The number of nitrogens with zero attached hydrogens (tertiary/aromatic N) is 3. The summed E-state index contributed by atoms with van der Waals surface area (Å²) in [5.41, 5.74) is 11.3. The number of oxazole rings is 1. The molecular weight excluding hydrogens is 590 g/mol. The van der Waals surface area contributed by atoms with E-state index < -0.39 is 0 Å². The van der Waals surface area contributed by atoms with Crippen molar-refractivity contribution in [3.8, 4) is 22.8 Å². The van der Waals surface area contributed by atoms with Crippen LogP contribution in [0.5, 0.6) is 0 Å². The molecule has 4 aromatic heterocycles. The molecule has 0 N–H and O–H groups in total. The molecule has 0 atom stereocenters. The third kappa shape index (κ3) is 3.47. The zero-order valence-corrected chi connectivity index (χ0v) is 25.6. The monoisotopic (exact) mass is 615 g/mol. The minimum Gasteiger partial charge on any atom is -0.456 e. The summed E-state index contributed by atoms with van der Waals surface area (Å²) in [7, 11) is 0. The van der Waals surface area contributed by atoms with Crippen LogP contribution in [0.2, 0.25) is 0 Å². The molecule has 0 aliphatic carbocycles. The van der Waals surface area contributed by atoms with Crippen molar-refractivity contribution in [2.24, 2.45) is 0 Å². The molecule has 0 amide bonds. The van der Waals surface area contributed by atoms with E-state index in [2.05, 4.69) is 130 Å². The fourth-order valence-electron chi connectivity index (χ4n) is 7.67. The maximum absolute atomic E-state index is 6.36. The second-order valence-corrected chi connectivity index (χ2v) is 12.4. The summed E-state index contributed by atoms with van der Waals surface area (Å²) in [6.45, 7) is 0. The molecule has 48 heavy (non-hydrogen) atoms. The molecule has 0 saturated carbocycles. The highest BCUT2D eigenvalue weighted by Gasteiger charge is 2.21. The van der Waals surface area contributed by atoms with Gasteiger partial charge in [0.05, 0.1) is 22.1 Å². The zero-order chi connectivity index (χ0) is 31.3. The number of aromatic nitrogens is 3. The van der Waals surface area contributed by atoms with Crippen LogP contribution in [-0.4, -0.2) is 14.1 Å². The molecule has 4 heterocycles. The van der Waals surface area contributed by atoms with Crippen molar-refractivity contribution in [2.45, 2.75) is 0 Å². The standard InChI is InChI=1S/C43H25N3O2/c1-2-10-28(11-3-1)45-36-21-19-27(25-32(36)41-37(45)22-23-40-42(41)30-13-5-8-16-38(30)47-40)26-18-20-35-31(24-26)29-12-4-7-15-34(29)46(35)43-44-33-14-6-9-17-39(33)48-43/h1-25H. The first kappa shape index (κ1) is 25.6. The molecule has 11 aromatic rings. The van der Waals surface area contributed by atoms with Crippen molar-refractivity contribution in [2.75, 3.05) is 0 Å². The van der Waals surface area contributed by atoms with Gasteiger partial charge in [-0.25, -0.2) is 0 Å². The van der Waals surface area contributed by atoms with E-state index in [1.807, 2.05) is 30.3 Å². The highest BCUT2D eigenvalue weighted by atomic mass is 16.4. The quantitative estimate of drug-likeness (QED) is 0.199. The van der Waals surface area contributed by atoms with Crippen molar-refractivity contribution in [3.05, 3.63) is 152 Å². The fourth-order valence-corrected chi connectivity index (χ4v) is 7.67. The van der Waals surface area contributed by atoms with E-state index in [1.54, 1.807) is 0 Å². The molecule has 0 saturated heterocycles. The van der Waals surface area contributed by atoms with Gasteiger partial charge in [0.2, 0.25) is 0 Å². The Labute approximate surface area is 273 Å². The van der Waals surface area contributed by atoms with Gasteiger partial charge < -0.3 is 13.4 Å². The molecule has 7 aromatic carbocycles. The Hall–Kier alpha value is -6.59. The van der Waals surface area contributed by atoms with E-state index >= 15 is 0 Å². The summed E-state index contributed by atoms with van der Waals surface area (Å²) in [5.74, 6) is 0. The zero-order valence-electron chi connectivity index (χ0n) is 25.6. The topological polar surface area (TPSA) is 49.0 Å². The Morgan fingerprint density at radius 1 is 0.396 bits per heavy atom. The Morgan fingerprint density at radius 2 is 1.04 bits per heavy atom. The van der Waals surface area contributed by atoms with Gasteiger partial charge in [-0.3, -0.25) is 4.57 Å². The lowest BCUT2D eigenvalue weighted by Gasteiger charge is -2.08. The van der Waals surface area contributed by atoms with Gasteiger partial charge in [0.1, 0.15) is 16.7 Å². The highest BCUT2D eigenvalue weighted by Crippen LogP contribution is 2.43. The second-order valence-electron chi connectivity index (χ2n) is 12.4. The van der Waals surface area contributed by atoms with Gasteiger partial charge in [-0.05, 0) is 83.9 Å². The van der Waals surface area contributed by atoms with Gasteiger partial charge >= 0.3 is 6.01 Å². The number of hydrogen-bond donors (Lipinski definition) is 0. The normalized spacial score (nSPS) is 12.2. The number of benzene rings is 7. The lowest BCUT2D eigenvalue weighted by atomic mass is 9.99. The Morgan fingerprint density at radius 3 is 1.88 bits per heavy atom. The van der Waals surface area contributed by atoms with Crippen LogP contribution in [0.15, 0.2) is 160 Å². The number of hydrogen-bond acceptors (Lipinski definition) is 3. The summed E-state index contributed by atoms with van der Waals surface area (Å²) in [6.07, 6.45) is 0. The van der Waals surface area contributed by atoms with E-state index in [0.29, 0.717) is 6.01 Å². The summed E-state index contributed by atoms with van der Waals surface area (Å²) >= 11 is 0. The van der Waals surface area contributed by atoms with Crippen molar-refractivity contribution < 1.29 is 8.83 Å². The predicted molar refractivity (Wildman–Crippen MR) is 195 cm³/mol. The van der Waals surface area contributed by atoms with Gasteiger partial charge in [0, 0.05) is 38.0 Å². The van der Waals surface area contributed by atoms with Crippen LogP contribution in [0.4, 0.5) is 0 Å². The first-order valence-electron chi connectivity index (χ1n) is 16.1. The van der Waals surface area contributed by atoms with Crippen molar-refractivity contribution >= 4 is 76.6 Å². The Kier molecular flexibility index (Phi) is 5.05. The Balaban J connectivity index is 1.18. The molecule has 0 unspecified atom stereocenters. The summed E-state index contributed by atoms with van der Waals surface area (Å²) in [5, 5.41) is 6.98. The average molecular weight is 616 g/mol. The number of fused-ring (bicyclic) bond motifs is 11. The average Bonchev–Trinajstić information content (AvgIpc) is 3.90. The largest absolute Gasteiger partial charge is 0.456 e. The number of rotatable bonds is 3. The minimum absolute atomic E-state index is 0.571. The number of para-hydroxylation sites is 5. The molecule has 0 bridgehead atoms. The summed E-state index contributed by atoms with van der Waals surface area (Å²) in [4.78, 5) is 4.85. The molecular formula is C43H25N3O2. The van der Waals surface area contributed by atoms with Gasteiger partial charge in [-0.1, -0.05) is 78.9 Å². The fraction of sp³-hybridized carbons (Fsp3) is 0. The molecule has 0 spiro atoms. The van der Waals surface area contributed by atoms with Gasteiger partial charge in [0.15, 0.2) is 5.58 Å². The maximum Gasteiger partial charge on any atom is 0.307 e. The molecule has 224 valence electrons. The first-order chi connectivity index (χ1) is 23.8. The van der Waals surface area contributed by atoms with Crippen LogP contribution >= 0.6 is 0 Å². The third-order valence-corrected chi connectivity index (χ3v) is 9.76. The number of furan rings is 1. The molecule has 0 fully saturated rings. The highest BCUT2D eigenvalue weighted by molar-refractivity contribution is 6.27. The lowest BCUT2D eigenvalue weighted by Crippen LogP contribution is -1.93. The molecule has 5 heteroatoms. The van der Waals surface area contributed by atoms with E-state index in [0.717, 1.165) is 82.7 Å². The summed E-state index contributed by atoms with van der Waals surface area (Å²) in [6, 6.07) is 53.7. The Bertz CT molecular complexity index is 3030. The molecule has 11 rings (SSSR count). The molecule has 0 aliphatic rings. The summed E-state index contributed by atoms with van der Waals surface area (Å²) < 4.78 is 17.1. The third-order valence-electron chi connectivity index (χ3n) is 9.76. The van der Waals surface area contributed by atoms with Crippen molar-refractivity contribution in [1.29, 1.82) is 0 Å². The van der Waals surface area contributed by atoms with E-state index in [-0.39, 0.29) is 0 Å². The maximum atomic E-state index is 6.36. The van der Waals surface area contributed by atoms with E-state index in [1.165, 1.54) is 10.8 Å². The van der Waals surface area contributed by atoms with Crippen LogP contribution in [-0.2, 0) is 0 Å². The van der Waals surface area contributed by atoms with E-state index in [9.17, 15) is 0 Å². The van der Waals surface area contributed by atoms with Crippen molar-refractivity contribution in [3.63, 3.8) is 0 Å². The lowest BCUT2D eigenvalue weighted by molar-refractivity contribution is 0.574. The van der Waals surface area contributed by atoms with Gasteiger partial charge in [-0.15, -0.1) is 0 Å². The first-order valence-corrected chi connectivity index (χ1v) is 16.1. The van der Waals surface area contributed by atoms with Crippen LogP contribution in [0.1, 0.15) is 0 Å². The molecule has 0 aliphatic heterocycles. The van der Waals surface area contributed by atoms with Gasteiger partial charge in [0.25, 0.3) is 0 Å². The minimum atomic E-state index is 0.571. The molecule has 0 radical (unpaired) electrons. The van der Waals surface area contributed by atoms with E-state index in [4.69, 9.17) is 13.8 Å². The second kappa shape index (κ2) is 9.47. The SMILES string of the molecule is c1ccc(-n2c3ccc(-c4ccc5c(c4)c4ccccc4n5-c4nc5ccccc5o4)cc3c3c4c(ccc32)oc2ccccc24)cc1. The van der Waals surface area contributed by atoms with Crippen molar-refractivity contribution in [1.82, 2.24) is 14.1 Å². The molecule has 5 nitrogen and oxygen atoms in total. The smallest absolute Gasteiger partial charge is 0.307 e. The van der Waals surface area contributed by atoms with Crippen LogP contribution in [0.3, 0.4) is 0 Å². The van der Waals surface area contributed by atoms with Crippen LogP contribution < -0.4 is 0 Å².